The fourth-order valence-corrected chi connectivity index (χ4v) is 0.972. The molecule has 0 atom stereocenters. The Balaban J connectivity index is 3.80. The van der Waals surface area contributed by atoms with E-state index in [1.165, 1.54) is 12.8 Å². The van der Waals surface area contributed by atoms with Crippen LogP contribution in [0.5, 0.6) is 0 Å². The maximum Gasteiger partial charge on any atom is 0.0540 e. The van der Waals surface area contributed by atoms with E-state index in [0.29, 0.717) is 6.42 Å². The Morgan fingerprint density at radius 3 is 2.69 bits per heavy atom. The molecule has 1 N–H and O–H groups in total. The predicted molar refractivity (Wildman–Crippen MR) is 56.3 cm³/mol. The third-order valence-electron chi connectivity index (χ3n) is 1.72. The Morgan fingerprint density at radius 2 is 2.15 bits per heavy atom. The molecule has 0 aliphatic heterocycles. The second kappa shape index (κ2) is 9.13. The molecule has 0 unspecified atom stereocenters. The molecule has 72 valence electrons. The lowest BCUT2D eigenvalue weighted by Gasteiger charge is -1.95. The highest BCUT2D eigenvalue weighted by Crippen LogP contribution is 2.06. The van der Waals surface area contributed by atoms with Crippen molar-refractivity contribution in [2.45, 2.75) is 39.0 Å². The summed E-state index contributed by atoms with van der Waals surface area (Å²) in [5.74, 6) is 5.84. The van der Waals surface area contributed by atoms with Crippen molar-refractivity contribution < 1.29 is 5.11 Å². The van der Waals surface area contributed by atoms with Gasteiger partial charge in [0, 0.05) is 12.0 Å². The largest absolute Gasteiger partial charge is 0.395 e. The highest BCUT2D eigenvalue weighted by atomic mass is 16.2. The first kappa shape index (κ1) is 12.0. The average molecular weight is 178 g/mol. The Hall–Kier alpha value is -0.960. The van der Waals surface area contributed by atoms with Gasteiger partial charge in [-0.05, 0) is 12.8 Å². The minimum atomic E-state index is 0.131. The molecule has 0 radical (unpaired) electrons. The smallest absolute Gasteiger partial charge is 0.0540 e. The lowest BCUT2D eigenvalue weighted by molar-refractivity contribution is 0.305. The van der Waals surface area contributed by atoms with Gasteiger partial charge in [0.1, 0.15) is 0 Å². The molecule has 1 nitrogen and oxygen atoms in total. The van der Waals surface area contributed by atoms with Gasteiger partial charge in [0.2, 0.25) is 0 Å². The molecule has 0 saturated carbocycles. The standard InChI is InChI=1S/C12H18O/c1-3-5-6-9-12(4-2)10-7-8-11-13/h13H,2-3,5-6,8-9,11H2,1H3. The summed E-state index contributed by atoms with van der Waals surface area (Å²) >= 11 is 0. The molecule has 0 amide bonds. The van der Waals surface area contributed by atoms with Crippen LogP contribution in [0.25, 0.3) is 0 Å². The van der Waals surface area contributed by atoms with Crippen molar-refractivity contribution in [3.05, 3.63) is 17.9 Å². The molecular formula is C12H18O. The summed E-state index contributed by atoms with van der Waals surface area (Å²) in [5, 5.41) is 8.52. The van der Waals surface area contributed by atoms with Crippen LogP contribution < -0.4 is 0 Å². The van der Waals surface area contributed by atoms with Crippen molar-refractivity contribution in [1.82, 2.24) is 0 Å². The van der Waals surface area contributed by atoms with Crippen LogP contribution >= 0.6 is 0 Å². The van der Waals surface area contributed by atoms with E-state index in [4.69, 9.17) is 5.11 Å². The van der Waals surface area contributed by atoms with Gasteiger partial charge in [-0.3, -0.25) is 0 Å². The van der Waals surface area contributed by atoms with Gasteiger partial charge in [0.15, 0.2) is 0 Å². The van der Waals surface area contributed by atoms with Gasteiger partial charge in [-0.15, -0.1) is 5.73 Å². The highest BCUT2D eigenvalue weighted by molar-refractivity contribution is 5.27. The number of rotatable bonds is 5. The number of aliphatic hydroxyl groups is 1. The first-order valence-corrected chi connectivity index (χ1v) is 4.83. The lowest BCUT2D eigenvalue weighted by Crippen LogP contribution is -1.81. The van der Waals surface area contributed by atoms with E-state index in [1.54, 1.807) is 0 Å². The van der Waals surface area contributed by atoms with Gasteiger partial charge in [-0.2, -0.15) is 0 Å². The van der Waals surface area contributed by atoms with Gasteiger partial charge in [-0.25, -0.2) is 0 Å². The molecule has 0 aliphatic carbocycles. The van der Waals surface area contributed by atoms with Gasteiger partial charge >= 0.3 is 0 Å². The molecule has 0 saturated heterocycles. The predicted octanol–water partition coefficient (Wildman–Crippen LogP) is 2.66. The molecule has 0 aromatic carbocycles. The molecule has 13 heavy (non-hydrogen) atoms. The molecule has 0 heterocycles. The second-order valence-electron chi connectivity index (χ2n) is 2.89. The van der Waals surface area contributed by atoms with Gasteiger partial charge in [-0.1, -0.05) is 38.2 Å². The molecule has 0 aliphatic rings. The van der Waals surface area contributed by atoms with Crippen LogP contribution in [0.1, 0.15) is 39.0 Å². The summed E-state index contributed by atoms with van der Waals surface area (Å²) in [6.07, 6.45) is 5.11. The minimum Gasteiger partial charge on any atom is -0.395 e. The summed E-state index contributed by atoms with van der Waals surface area (Å²) in [5.41, 5.74) is 3.81. The van der Waals surface area contributed by atoms with E-state index in [9.17, 15) is 0 Å². The zero-order valence-electron chi connectivity index (χ0n) is 8.40. The molecule has 0 spiro atoms. The van der Waals surface area contributed by atoms with Crippen molar-refractivity contribution >= 4 is 0 Å². The third-order valence-corrected chi connectivity index (χ3v) is 1.72. The SMILES string of the molecule is C=C=C(C#CCCO)CCCCC. The fourth-order valence-electron chi connectivity index (χ4n) is 0.972. The third kappa shape index (κ3) is 7.40. The van der Waals surface area contributed by atoms with E-state index in [2.05, 4.69) is 31.1 Å². The van der Waals surface area contributed by atoms with Crippen molar-refractivity contribution in [3.63, 3.8) is 0 Å². The second-order valence-corrected chi connectivity index (χ2v) is 2.89. The van der Waals surface area contributed by atoms with E-state index < -0.39 is 0 Å². The van der Waals surface area contributed by atoms with Crippen LogP contribution in [0.3, 0.4) is 0 Å². The van der Waals surface area contributed by atoms with Crippen LogP contribution in [0, 0.1) is 11.8 Å². The van der Waals surface area contributed by atoms with Crippen molar-refractivity contribution in [2.75, 3.05) is 6.61 Å². The minimum absolute atomic E-state index is 0.131. The Labute approximate surface area is 81.2 Å². The normalized spacial score (nSPS) is 8.46. The molecular weight excluding hydrogens is 160 g/mol. The van der Waals surface area contributed by atoms with Gasteiger partial charge in [0.05, 0.1) is 6.61 Å². The average Bonchev–Trinajstić information content (AvgIpc) is 2.16. The van der Waals surface area contributed by atoms with E-state index >= 15 is 0 Å². The molecule has 0 fully saturated rings. The van der Waals surface area contributed by atoms with Crippen LogP contribution in [-0.2, 0) is 0 Å². The van der Waals surface area contributed by atoms with E-state index in [0.717, 1.165) is 18.4 Å². The Morgan fingerprint density at radius 1 is 1.38 bits per heavy atom. The maximum absolute atomic E-state index is 8.52. The van der Waals surface area contributed by atoms with E-state index in [1.807, 2.05) is 0 Å². The lowest BCUT2D eigenvalue weighted by atomic mass is 10.1. The first-order chi connectivity index (χ1) is 6.35. The molecule has 1 heteroatoms. The number of hydrogen-bond donors (Lipinski definition) is 1. The Bertz CT molecular complexity index is 223. The quantitative estimate of drug-likeness (QED) is 0.390. The summed E-state index contributed by atoms with van der Waals surface area (Å²) in [4.78, 5) is 0. The molecule has 0 aromatic heterocycles. The van der Waals surface area contributed by atoms with Crippen LogP contribution in [0.2, 0.25) is 0 Å². The maximum atomic E-state index is 8.52. The zero-order chi connectivity index (χ0) is 9.94. The summed E-state index contributed by atoms with van der Waals surface area (Å²) in [6, 6.07) is 0. The molecule has 0 aromatic rings. The topological polar surface area (TPSA) is 20.2 Å². The van der Waals surface area contributed by atoms with Crippen molar-refractivity contribution in [2.24, 2.45) is 0 Å². The summed E-state index contributed by atoms with van der Waals surface area (Å²) in [6.45, 7) is 5.90. The van der Waals surface area contributed by atoms with E-state index in [-0.39, 0.29) is 6.61 Å². The van der Waals surface area contributed by atoms with Crippen molar-refractivity contribution in [3.8, 4) is 11.8 Å². The zero-order valence-corrected chi connectivity index (χ0v) is 8.40. The first-order valence-electron chi connectivity index (χ1n) is 4.83. The summed E-state index contributed by atoms with van der Waals surface area (Å²) < 4.78 is 0. The number of allylic oxidation sites excluding steroid dienone is 1. The highest BCUT2D eigenvalue weighted by Gasteiger charge is 1.90. The molecule has 0 bridgehead atoms. The van der Waals surface area contributed by atoms with Crippen LogP contribution in [0.4, 0.5) is 0 Å². The number of unbranched alkanes of at least 4 members (excludes halogenated alkanes) is 2. The van der Waals surface area contributed by atoms with Gasteiger partial charge < -0.3 is 5.11 Å². The molecule has 0 rings (SSSR count). The number of hydrogen-bond acceptors (Lipinski definition) is 1. The van der Waals surface area contributed by atoms with Crippen molar-refractivity contribution in [1.29, 1.82) is 0 Å². The fraction of sp³-hybridized carbons (Fsp3) is 0.583. The Kier molecular flexibility index (Phi) is 8.46. The summed E-state index contributed by atoms with van der Waals surface area (Å²) in [7, 11) is 0. The monoisotopic (exact) mass is 178 g/mol. The van der Waals surface area contributed by atoms with Crippen LogP contribution in [-0.4, -0.2) is 11.7 Å². The van der Waals surface area contributed by atoms with Crippen LogP contribution in [0.15, 0.2) is 17.9 Å². The van der Waals surface area contributed by atoms with Gasteiger partial charge in [0.25, 0.3) is 0 Å². The number of aliphatic hydroxyl groups excluding tert-OH is 1.